The number of imidazole rings is 1. The van der Waals surface area contributed by atoms with Crippen LogP contribution < -0.4 is 5.73 Å². The molecule has 0 unspecified atom stereocenters. The summed E-state index contributed by atoms with van der Waals surface area (Å²) in [6.07, 6.45) is 1.43. The number of benzene rings is 1. The molecule has 2 heterocycles. The Morgan fingerprint density at radius 2 is 2.29 bits per heavy atom. The highest BCUT2D eigenvalue weighted by Crippen LogP contribution is 2.28. The van der Waals surface area contributed by atoms with E-state index >= 15 is 0 Å². The van der Waals surface area contributed by atoms with E-state index in [1.165, 1.54) is 6.39 Å². The van der Waals surface area contributed by atoms with E-state index in [0.29, 0.717) is 6.54 Å². The van der Waals surface area contributed by atoms with Crippen LogP contribution in [0.4, 0.5) is 0 Å². The van der Waals surface area contributed by atoms with E-state index in [9.17, 15) is 0 Å². The van der Waals surface area contributed by atoms with Crippen molar-refractivity contribution in [1.82, 2.24) is 15.0 Å². The zero-order valence-corrected chi connectivity index (χ0v) is 10.4. The van der Waals surface area contributed by atoms with Crippen molar-refractivity contribution < 1.29 is 4.42 Å². The third kappa shape index (κ3) is 1.75. The van der Waals surface area contributed by atoms with Crippen molar-refractivity contribution in [1.29, 1.82) is 0 Å². The van der Waals surface area contributed by atoms with E-state index in [4.69, 9.17) is 10.2 Å². The van der Waals surface area contributed by atoms with Gasteiger partial charge in [-0.05, 0) is 28.1 Å². The summed E-state index contributed by atoms with van der Waals surface area (Å²) in [4.78, 5) is 11.5. The summed E-state index contributed by atoms with van der Waals surface area (Å²) in [6, 6.07) is 5.76. The van der Waals surface area contributed by atoms with Crippen molar-refractivity contribution >= 4 is 27.0 Å². The van der Waals surface area contributed by atoms with Gasteiger partial charge in [-0.15, -0.1) is 0 Å². The number of nitrogens with one attached hydrogen (secondary N) is 1. The molecule has 6 heteroatoms. The maximum atomic E-state index is 5.54. The van der Waals surface area contributed by atoms with Crippen LogP contribution in [0.15, 0.2) is 33.6 Å². The van der Waals surface area contributed by atoms with E-state index in [1.54, 1.807) is 0 Å². The lowest BCUT2D eigenvalue weighted by Gasteiger charge is -1.96. The van der Waals surface area contributed by atoms with Gasteiger partial charge < -0.3 is 15.1 Å². The van der Waals surface area contributed by atoms with Crippen LogP contribution in [0.1, 0.15) is 5.82 Å². The molecule has 2 aromatic heterocycles. The number of fused-ring (bicyclic) bond motifs is 1. The van der Waals surface area contributed by atoms with E-state index < -0.39 is 0 Å². The second-order valence-electron chi connectivity index (χ2n) is 3.59. The Hall–Kier alpha value is -1.66. The van der Waals surface area contributed by atoms with Gasteiger partial charge in [0.1, 0.15) is 21.6 Å². The molecule has 1 aromatic carbocycles. The molecule has 0 saturated carbocycles. The lowest BCUT2D eigenvalue weighted by molar-refractivity contribution is 0.602. The molecular weight excluding hydrogens is 284 g/mol. The summed E-state index contributed by atoms with van der Waals surface area (Å²) in [7, 11) is 0. The van der Waals surface area contributed by atoms with Gasteiger partial charge in [0.2, 0.25) is 0 Å². The predicted molar refractivity (Wildman–Crippen MR) is 67.2 cm³/mol. The van der Waals surface area contributed by atoms with Crippen LogP contribution in [0.2, 0.25) is 0 Å². The van der Waals surface area contributed by atoms with Gasteiger partial charge >= 0.3 is 0 Å². The van der Waals surface area contributed by atoms with Gasteiger partial charge in [-0.2, -0.15) is 0 Å². The normalized spacial score (nSPS) is 11.2. The highest BCUT2D eigenvalue weighted by Gasteiger charge is 2.10. The first kappa shape index (κ1) is 10.5. The number of halogens is 1. The van der Waals surface area contributed by atoms with Crippen molar-refractivity contribution in [2.75, 3.05) is 0 Å². The van der Waals surface area contributed by atoms with Gasteiger partial charge in [-0.1, -0.05) is 6.07 Å². The molecule has 0 spiro atoms. The summed E-state index contributed by atoms with van der Waals surface area (Å²) < 4.78 is 6.08. The Kier molecular flexibility index (Phi) is 2.45. The maximum Gasteiger partial charge on any atom is 0.181 e. The Morgan fingerprint density at radius 3 is 3.06 bits per heavy atom. The lowest BCUT2D eigenvalue weighted by Crippen LogP contribution is -1.97. The standard InChI is InChI=1S/C11H9BrN4O/c12-11-10(15-9(4-13)16-11)6-1-2-7-8(3-6)17-5-14-7/h1-3,5H,4,13H2,(H,15,16). The van der Waals surface area contributed by atoms with Gasteiger partial charge in [-0.25, -0.2) is 9.97 Å². The molecule has 0 amide bonds. The van der Waals surface area contributed by atoms with E-state index in [2.05, 4.69) is 30.9 Å². The number of oxazole rings is 1. The summed E-state index contributed by atoms with van der Waals surface area (Å²) in [5.41, 5.74) is 8.89. The summed E-state index contributed by atoms with van der Waals surface area (Å²) in [5, 5.41) is 0. The van der Waals surface area contributed by atoms with Crippen molar-refractivity contribution in [3.8, 4) is 11.3 Å². The van der Waals surface area contributed by atoms with Crippen LogP contribution in [0, 0.1) is 0 Å². The molecular formula is C11H9BrN4O. The van der Waals surface area contributed by atoms with Crippen molar-refractivity contribution in [3.63, 3.8) is 0 Å². The molecule has 3 aromatic rings. The largest absolute Gasteiger partial charge is 0.443 e. The highest BCUT2D eigenvalue weighted by atomic mass is 79.9. The molecule has 5 nitrogen and oxygen atoms in total. The molecule has 3 N–H and O–H groups in total. The third-order valence-electron chi connectivity index (χ3n) is 2.51. The SMILES string of the molecule is NCc1nc(-c2ccc3ncoc3c2)c(Br)[nH]1. The smallest absolute Gasteiger partial charge is 0.181 e. The van der Waals surface area contributed by atoms with E-state index in [1.807, 2.05) is 18.2 Å². The minimum absolute atomic E-state index is 0.378. The first-order valence-corrected chi connectivity index (χ1v) is 5.85. The quantitative estimate of drug-likeness (QED) is 0.760. The minimum atomic E-state index is 0.378. The molecule has 0 fully saturated rings. The number of hydrogen-bond acceptors (Lipinski definition) is 4. The second-order valence-corrected chi connectivity index (χ2v) is 4.38. The van der Waals surface area contributed by atoms with Crippen LogP contribution in [0.5, 0.6) is 0 Å². The average molecular weight is 293 g/mol. The Labute approximate surface area is 105 Å². The molecule has 0 atom stereocenters. The van der Waals surface area contributed by atoms with Gasteiger partial charge in [-0.3, -0.25) is 0 Å². The molecule has 3 rings (SSSR count). The van der Waals surface area contributed by atoms with Crippen LogP contribution in [-0.4, -0.2) is 15.0 Å². The first-order valence-electron chi connectivity index (χ1n) is 5.06. The topological polar surface area (TPSA) is 80.7 Å². The van der Waals surface area contributed by atoms with Gasteiger partial charge in [0, 0.05) is 5.56 Å². The number of H-pyrrole nitrogens is 1. The summed E-state index contributed by atoms with van der Waals surface area (Å²) >= 11 is 3.43. The van der Waals surface area contributed by atoms with Crippen LogP contribution in [0.3, 0.4) is 0 Å². The number of rotatable bonds is 2. The molecule has 17 heavy (non-hydrogen) atoms. The summed E-state index contributed by atoms with van der Waals surface area (Å²) in [5.74, 6) is 0.740. The minimum Gasteiger partial charge on any atom is -0.443 e. The second kappa shape index (κ2) is 3.97. The van der Waals surface area contributed by atoms with Crippen LogP contribution >= 0.6 is 15.9 Å². The number of hydrogen-bond donors (Lipinski definition) is 2. The number of aromatic amines is 1. The molecule has 0 aliphatic carbocycles. The zero-order valence-electron chi connectivity index (χ0n) is 8.77. The Morgan fingerprint density at radius 1 is 1.41 bits per heavy atom. The third-order valence-corrected chi connectivity index (χ3v) is 3.08. The Balaban J connectivity index is 2.15. The zero-order chi connectivity index (χ0) is 11.8. The van der Waals surface area contributed by atoms with Gasteiger partial charge in [0.15, 0.2) is 12.0 Å². The van der Waals surface area contributed by atoms with Gasteiger partial charge in [0.05, 0.1) is 6.54 Å². The van der Waals surface area contributed by atoms with Crippen molar-refractivity contribution in [2.24, 2.45) is 5.73 Å². The highest BCUT2D eigenvalue weighted by molar-refractivity contribution is 9.10. The fourth-order valence-corrected chi connectivity index (χ4v) is 2.23. The molecule has 0 aliphatic rings. The maximum absolute atomic E-state index is 5.54. The van der Waals surface area contributed by atoms with E-state index in [0.717, 1.165) is 32.8 Å². The van der Waals surface area contributed by atoms with Crippen molar-refractivity contribution in [2.45, 2.75) is 6.54 Å². The molecule has 0 aliphatic heterocycles. The summed E-state index contributed by atoms with van der Waals surface area (Å²) in [6.45, 7) is 0.378. The van der Waals surface area contributed by atoms with Crippen LogP contribution in [-0.2, 0) is 6.54 Å². The predicted octanol–water partition coefficient (Wildman–Crippen LogP) is 2.44. The Bertz CT molecular complexity index is 673. The molecule has 0 saturated heterocycles. The van der Waals surface area contributed by atoms with Crippen molar-refractivity contribution in [3.05, 3.63) is 35.0 Å². The van der Waals surface area contributed by atoms with E-state index in [-0.39, 0.29) is 0 Å². The fourth-order valence-electron chi connectivity index (χ4n) is 1.69. The average Bonchev–Trinajstić information content (AvgIpc) is 2.93. The van der Waals surface area contributed by atoms with Gasteiger partial charge in [0.25, 0.3) is 0 Å². The molecule has 86 valence electrons. The number of nitrogens with zero attached hydrogens (tertiary/aromatic N) is 2. The number of nitrogens with two attached hydrogens (primary N) is 1. The fraction of sp³-hybridized carbons (Fsp3) is 0.0909. The molecule has 0 radical (unpaired) electrons. The van der Waals surface area contributed by atoms with Crippen LogP contribution in [0.25, 0.3) is 22.4 Å². The lowest BCUT2D eigenvalue weighted by atomic mass is 10.1. The monoisotopic (exact) mass is 292 g/mol. The molecule has 0 bridgehead atoms. The first-order chi connectivity index (χ1) is 8.28. The number of aromatic nitrogens is 3.